The lowest BCUT2D eigenvalue weighted by Crippen LogP contribution is -2.49. The number of nitrogens with zero attached hydrogens (tertiary/aromatic N) is 2. The molecule has 2 amide bonds. The summed E-state index contributed by atoms with van der Waals surface area (Å²) >= 11 is 1.72. The van der Waals surface area contributed by atoms with E-state index in [0.717, 1.165) is 23.3 Å². The van der Waals surface area contributed by atoms with Crippen molar-refractivity contribution < 1.29 is 19.1 Å². The van der Waals surface area contributed by atoms with Crippen molar-refractivity contribution in [2.24, 2.45) is 0 Å². The second kappa shape index (κ2) is 11.0. The van der Waals surface area contributed by atoms with Crippen molar-refractivity contribution in [2.45, 2.75) is 39.3 Å². The van der Waals surface area contributed by atoms with Crippen LogP contribution in [0.3, 0.4) is 0 Å². The van der Waals surface area contributed by atoms with Gasteiger partial charge in [0.25, 0.3) is 5.91 Å². The van der Waals surface area contributed by atoms with Gasteiger partial charge in [0.1, 0.15) is 24.7 Å². The van der Waals surface area contributed by atoms with Crippen LogP contribution >= 0.6 is 11.3 Å². The van der Waals surface area contributed by atoms with E-state index in [2.05, 4.69) is 11.4 Å². The number of para-hydroxylation sites is 1. The highest BCUT2D eigenvalue weighted by Crippen LogP contribution is 2.34. The standard InChI is InChI=1S/C28H32N2O4S/c1-19(2)30(28(32)21-9-11-22(33-4)12-10-21)17-27(31)29-15-13-26-23(14-16-35-26)24(29)18-34-25-8-6-5-7-20(25)3/h5-12,14,16,19,24H,13,15,17-18H2,1-4H3/t24-/m0/s1. The molecule has 0 unspecified atom stereocenters. The van der Waals surface area contributed by atoms with Crippen molar-refractivity contribution >= 4 is 23.2 Å². The molecule has 1 aliphatic heterocycles. The zero-order chi connectivity index (χ0) is 24.9. The molecule has 7 heteroatoms. The fourth-order valence-electron chi connectivity index (χ4n) is 4.39. The first-order valence-electron chi connectivity index (χ1n) is 11.9. The molecule has 1 aromatic heterocycles. The van der Waals surface area contributed by atoms with E-state index < -0.39 is 0 Å². The van der Waals surface area contributed by atoms with Crippen LogP contribution in [0.25, 0.3) is 0 Å². The number of aryl methyl sites for hydroxylation is 1. The second-order valence-corrected chi connectivity index (χ2v) is 9.98. The van der Waals surface area contributed by atoms with Crippen LogP contribution in [0.2, 0.25) is 0 Å². The molecule has 0 bridgehead atoms. The molecular weight excluding hydrogens is 460 g/mol. The third-order valence-electron chi connectivity index (χ3n) is 6.43. The summed E-state index contributed by atoms with van der Waals surface area (Å²) in [5.41, 5.74) is 2.73. The van der Waals surface area contributed by atoms with Crippen LogP contribution in [-0.4, -0.2) is 54.5 Å². The van der Waals surface area contributed by atoms with E-state index in [1.165, 1.54) is 4.88 Å². The maximum atomic E-state index is 13.6. The Hall–Kier alpha value is -3.32. The van der Waals surface area contributed by atoms with Crippen LogP contribution in [-0.2, 0) is 11.2 Å². The highest BCUT2D eigenvalue weighted by molar-refractivity contribution is 7.10. The molecule has 0 N–H and O–H groups in total. The van der Waals surface area contributed by atoms with Gasteiger partial charge in [-0.25, -0.2) is 0 Å². The van der Waals surface area contributed by atoms with E-state index in [1.807, 2.05) is 49.9 Å². The van der Waals surface area contributed by atoms with Crippen molar-refractivity contribution in [1.29, 1.82) is 0 Å². The Bertz CT molecular complexity index is 1170. The molecule has 4 rings (SSSR count). The largest absolute Gasteiger partial charge is 0.497 e. The predicted molar refractivity (Wildman–Crippen MR) is 138 cm³/mol. The maximum Gasteiger partial charge on any atom is 0.254 e. The number of fused-ring (bicyclic) bond motifs is 1. The van der Waals surface area contributed by atoms with Gasteiger partial charge in [-0.2, -0.15) is 0 Å². The molecule has 0 radical (unpaired) electrons. The normalized spacial score (nSPS) is 15.0. The molecule has 0 spiro atoms. The van der Waals surface area contributed by atoms with Crippen LogP contribution in [0.5, 0.6) is 11.5 Å². The van der Waals surface area contributed by atoms with Gasteiger partial charge in [0.2, 0.25) is 5.91 Å². The van der Waals surface area contributed by atoms with Crippen LogP contribution in [0.1, 0.15) is 46.3 Å². The fraction of sp³-hybridized carbons (Fsp3) is 0.357. The van der Waals surface area contributed by atoms with Crippen molar-refractivity contribution in [3.8, 4) is 11.5 Å². The first-order valence-corrected chi connectivity index (χ1v) is 12.8. The molecule has 0 saturated carbocycles. The van der Waals surface area contributed by atoms with E-state index in [4.69, 9.17) is 9.47 Å². The molecule has 2 aromatic carbocycles. The third-order valence-corrected chi connectivity index (χ3v) is 7.43. The molecule has 2 heterocycles. The Morgan fingerprint density at radius 2 is 1.86 bits per heavy atom. The number of carbonyl (C=O) groups is 2. The summed E-state index contributed by atoms with van der Waals surface area (Å²) in [4.78, 5) is 31.7. The molecule has 1 aliphatic rings. The van der Waals surface area contributed by atoms with Gasteiger partial charge in [0.15, 0.2) is 0 Å². The van der Waals surface area contributed by atoms with Crippen molar-refractivity contribution in [3.05, 3.63) is 81.5 Å². The zero-order valence-corrected chi connectivity index (χ0v) is 21.5. The zero-order valence-electron chi connectivity index (χ0n) is 20.7. The van der Waals surface area contributed by atoms with Crippen molar-refractivity contribution in [2.75, 3.05) is 26.8 Å². The summed E-state index contributed by atoms with van der Waals surface area (Å²) in [6, 6.07) is 16.7. The van der Waals surface area contributed by atoms with E-state index in [9.17, 15) is 9.59 Å². The number of amides is 2. The van der Waals surface area contributed by atoms with Gasteiger partial charge in [-0.05, 0) is 80.1 Å². The van der Waals surface area contributed by atoms with Crippen LogP contribution in [0.4, 0.5) is 0 Å². The topological polar surface area (TPSA) is 59.1 Å². The van der Waals surface area contributed by atoms with Crippen LogP contribution in [0.15, 0.2) is 60.0 Å². The van der Waals surface area contributed by atoms with Crippen molar-refractivity contribution in [3.63, 3.8) is 0 Å². The fourth-order valence-corrected chi connectivity index (χ4v) is 5.31. The van der Waals surface area contributed by atoms with E-state index in [-0.39, 0.29) is 30.4 Å². The molecule has 6 nitrogen and oxygen atoms in total. The van der Waals surface area contributed by atoms with E-state index >= 15 is 0 Å². The SMILES string of the molecule is COc1ccc(C(=O)N(CC(=O)N2CCc3sccc3[C@@H]2COc2ccccc2C)C(C)C)cc1. The summed E-state index contributed by atoms with van der Waals surface area (Å²) in [5.74, 6) is 1.26. The Balaban J connectivity index is 1.53. The van der Waals surface area contributed by atoms with Gasteiger partial charge >= 0.3 is 0 Å². The summed E-state index contributed by atoms with van der Waals surface area (Å²) in [5, 5.41) is 2.08. The van der Waals surface area contributed by atoms with Gasteiger partial charge in [-0.3, -0.25) is 9.59 Å². The number of carbonyl (C=O) groups excluding carboxylic acids is 2. The highest BCUT2D eigenvalue weighted by atomic mass is 32.1. The van der Waals surface area contributed by atoms with Gasteiger partial charge in [0.05, 0.1) is 13.2 Å². The quantitative estimate of drug-likeness (QED) is 0.438. The van der Waals surface area contributed by atoms with Gasteiger partial charge < -0.3 is 19.3 Å². The minimum atomic E-state index is -0.192. The summed E-state index contributed by atoms with van der Waals surface area (Å²) in [7, 11) is 1.59. The Morgan fingerprint density at radius 3 is 2.54 bits per heavy atom. The number of methoxy groups -OCH3 is 1. The minimum Gasteiger partial charge on any atom is -0.497 e. The molecule has 35 heavy (non-hydrogen) atoms. The van der Waals surface area contributed by atoms with E-state index in [0.29, 0.717) is 24.5 Å². The summed E-state index contributed by atoms with van der Waals surface area (Å²) < 4.78 is 11.4. The number of benzene rings is 2. The molecular formula is C28H32N2O4S. The molecule has 184 valence electrons. The minimum absolute atomic E-state index is 0.0167. The number of ether oxygens (including phenoxy) is 2. The first-order chi connectivity index (χ1) is 16.9. The number of hydrogen-bond donors (Lipinski definition) is 0. The van der Waals surface area contributed by atoms with Gasteiger partial charge in [-0.15, -0.1) is 11.3 Å². The summed E-state index contributed by atoms with van der Waals surface area (Å²) in [6.45, 7) is 6.87. The van der Waals surface area contributed by atoms with Crippen LogP contribution in [0, 0.1) is 6.92 Å². The molecule has 1 atom stereocenters. The first kappa shape index (κ1) is 24.8. The lowest BCUT2D eigenvalue weighted by Gasteiger charge is -2.37. The monoisotopic (exact) mass is 492 g/mol. The second-order valence-electron chi connectivity index (χ2n) is 8.98. The lowest BCUT2D eigenvalue weighted by atomic mass is 10.00. The third kappa shape index (κ3) is 5.51. The lowest BCUT2D eigenvalue weighted by molar-refractivity contribution is -0.136. The average Bonchev–Trinajstić information content (AvgIpc) is 3.35. The van der Waals surface area contributed by atoms with Gasteiger partial charge in [0, 0.05) is 23.0 Å². The van der Waals surface area contributed by atoms with Gasteiger partial charge in [-0.1, -0.05) is 18.2 Å². The van der Waals surface area contributed by atoms with Crippen LogP contribution < -0.4 is 9.47 Å². The van der Waals surface area contributed by atoms with Crippen molar-refractivity contribution in [1.82, 2.24) is 9.80 Å². The number of thiophene rings is 1. The smallest absolute Gasteiger partial charge is 0.254 e. The molecule has 0 saturated heterocycles. The Kier molecular flexibility index (Phi) is 7.76. The maximum absolute atomic E-state index is 13.6. The molecule has 0 fully saturated rings. The average molecular weight is 493 g/mol. The Morgan fingerprint density at radius 1 is 1.11 bits per heavy atom. The predicted octanol–water partition coefficient (Wildman–Crippen LogP) is 5.12. The summed E-state index contributed by atoms with van der Waals surface area (Å²) in [6.07, 6.45) is 0.813. The molecule has 0 aliphatic carbocycles. The number of rotatable bonds is 8. The Labute approximate surface area is 211 Å². The van der Waals surface area contributed by atoms with E-state index in [1.54, 1.807) is 47.6 Å². The highest BCUT2D eigenvalue weighted by Gasteiger charge is 2.34. The number of hydrogen-bond acceptors (Lipinski definition) is 5. The molecule has 3 aromatic rings.